The van der Waals surface area contributed by atoms with Crippen LogP contribution in [0.3, 0.4) is 0 Å². The van der Waals surface area contributed by atoms with Gasteiger partial charge in [0, 0.05) is 23.1 Å². The lowest BCUT2D eigenvalue weighted by Crippen LogP contribution is -2.26. The summed E-state index contributed by atoms with van der Waals surface area (Å²) in [5.41, 5.74) is 2.72. The van der Waals surface area contributed by atoms with Crippen molar-refractivity contribution in [1.82, 2.24) is 4.72 Å². The molecule has 0 unspecified atom stereocenters. The van der Waals surface area contributed by atoms with E-state index in [0.29, 0.717) is 25.8 Å². The summed E-state index contributed by atoms with van der Waals surface area (Å²) in [6.07, 6.45) is 1.47. The lowest BCUT2D eigenvalue weighted by atomic mass is 10.1. The molecular formula is C23H23BrN2O3S. The molecule has 0 saturated heterocycles. The Labute approximate surface area is 185 Å². The first kappa shape index (κ1) is 22.2. The lowest BCUT2D eigenvalue weighted by molar-refractivity contribution is -0.116. The van der Waals surface area contributed by atoms with Crippen LogP contribution in [-0.4, -0.2) is 20.9 Å². The van der Waals surface area contributed by atoms with Crippen molar-refractivity contribution in [2.45, 2.75) is 24.2 Å². The third-order valence-electron chi connectivity index (χ3n) is 4.53. The van der Waals surface area contributed by atoms with E-state index in [1.54, 1.807) is 24.3 Å². The molecule has 0 radical (unpaired) electrons. The molecule has 156 valence electrons. The number of anilines is 1. The number of halogens is 1. The van der Waals surface area contributed by atoms with Crippen LogP contribution in [0.15, 0.2) is 88.2 Å². The minimum Gasteiger partial charge on any atom is -0.326 e. The van der Waals surface area contributed by atoms with Crippen molar-refractivity contribution in [3.8, 4) is 0 Å². The molecule has 2 N–H and O–H groups in total. The Morgan fingerprint density at radius 2 is 1.53 bits per heavy atom. The van der Waals surface area contributed by atoms with Crippen molar-refractivity contribution in [3.05, 3.63) is 94.5 Å². The van der Waals surface area contributed by atoms with Gasteiger partial charge in [0.05, 0.1) is 4.90 Å². The van der Waals surface area contributed by atoms with Crippen molar-refractivity contribution in [1.29, 1.82) is 0 Å². The molecule has 7 heteroatoms. The van der Waals surface area contributed by atoms with E-state index in [4.69, 9.17) is 0 Å². The van der Waals surface area contributed by atoms with Gasteiger partial charge >= 0.3 is 0 Å². The summed E-state index contributed by atoms with van der Waals surface area (Å²) < 4.78 is 28.4. The Kier molecular flexibility index (Phi) is 7.79. The molecule has 0 bridgehead atoms. The number of nitrogens with one attached hydrogen (secondary N) is 2. The first-order valence-electron chi connectivity index (χ1n) is 9.60. The second-order valence-electron chi connectivity index (χ2n) is 6.84. The van der Waals surface area contributed by atoms with E-state index in [9.17, 15) is 13.2 Å². The summed E-state index contributed by atoms with van der Waals surface area (Å²) in [6, 6.07) is 23.8. The molecule has 30 heavy (non-hydrogen) atoms. The highest BCUT2D eigenvalue weighted by Gasteiger charge is 2.13. The van der Waals surface area contributed by atoms with Crippen molar-refractivity contribution in [3.63, 3.8) is 0 Å². The van der Waals surface area contributed by atoms with E-state index < -0.39 is 10.0 Å². The first-order chi connectivity index (χ1) is 14.4. The van der Waals surface area contributed by atoms with Crippen molar-refractivity contribution in [2.24, 2.45) is 0 Å². The van der Waals surface area contributed by atoms with Crippen molar-refractivity contribution < 1.29 is 13.2 Å². The van der Waals surface area contributed by atoms with Gasteiger partial charge in [-0.3, -0.25) is 4.79 Å². The maximum Gasteiger partial charge on any atom is 0.240 e. The van der Waals surface area contributed by atoms with Crippen LogP contribution < -0.4 is 10.0 Å². The van der Waals surface area contributed by atoms with Gasteiger partial charge in [0.2, 0.25) is 15.9 Å². The lowest BCUT2D eigenvalue weighted by Gasteiger charge is -2.08. The van der Waals surface area contributed by atoms with E-state index >= 15 is 0 Å². The monoisotopic (exact) mass is 486 g/mol. The second kappa shape index (κ2) is 10.5. The maximum absolute atomic E-state index is 12.5. The van der Waals surface area contributed by atoms with E-state index in [1.807, 2.05) is 54.6 Å². The van der Waals surface area contributed by atoms with E-state index in [2.05, 4.69) is 26.0 Å². The molecule has 0 aliphatic carbocycles. The van der Waals surface area contributed by atoms with Gasteiger partial charge in [0.15, 0.2) is 0 Å². The molecular weight excluding hydrogens is 464 g/mol. The fourth-order valence-electron chi connectivity index (χ4n) is 2.94. The summed E-state index contributed by atoms with van der Waals surface area (Å²) >= 11 is 3.37. The fraction of sp³-hybridized carbons (Fsp3) is 0.174. The molecule has 0 spiro atoms. The van der Waals surface area contributed by atoms with Gasteiger partial charge in [-0.2, -0.15) is 0 Å². The summed E-state index contributed by atoms with van der Waals surface area (Å²) in [5, 5.41) is 2.85. The van der Waals surface area contributed by atoms with Crippen LogP contribution in [0, 0.1) is 0 Å². The Morgan fingerprint density at radius 3 is 2.23 bits per heavy atom. The molecule has 0 saturated carbocycles. The van der Waals surface area contributed by atoms with Gasteiger partial charge < -0.3 is 5.32 Å². The van der Waals surface area contributed by atoms with Crippen LogP contribution in [0.2, 0.25) is 0 Å². The molecule has 0 aliphatic heterocycles. The van der Waals surface area contributed by atoms with E-state index in [1.165, 1.54) is 0 Å². The smallest absolute Gasteiger partial charge is 0.240 e. The van der Waals surface area contributed by atoms with Crippen molar-refractivity contribution in [2.75, 3.05) is 11.9 Å². The normalized spacial score (nSPS) is 11.2. The topological polar surface area (TPSA) is 75.3 Å². The largest absolute Gasteiger partial charge is 0.326 e. The summed E-state index contributed by atoms with van der Waals surface area (Å²) in [7, 11) is -3.56. The van der Waals surface area contributed by atoms with Crippen LogP contribution in [0.5, 0.6) is 0 Å². The number of amides is 1. The number of aryl methyl sites for hydroxylation is 1. The van der Waals surface area contributed by atoms with Crippen LogP contribution in [0.4, 0.5) is 5.69 Å². The van der Waals surface area contributed by atoms with Gasteiger partial charge in [-0.25, -0.2) is 13.1 Å². The Morgan fingerprint density at radius 1 is 0.833 bits per heavy atom. The standard InChI is InChI=1S/C23H23BrN2O3S/c24-20-7-4-8-21(17-20)26-23(27)14-11-19-9-12-22(13-10-19)30(28,29)25-16-15-18-5-2-1-3-6-18/h1-10,12-13,17,25H,11,14-16H2,(H,26,27). The Hall–Kier alpha value is -2.48. The van der Waals surface area contributed by atoms with Crippen LogP contribution in [0.25, 0.3) is 0 Å². The highest BCUT2D eigenvalue weighted by Crippen LogP contribution is 2.16. The maximum atomic E-state index is 12.5. The quantitative estimate of drug-likeness (QED) is 0.466. The van der Waals surface area contributed by atoms with Crippen LogP contribution in [0.1, 0.15) is 17.5 Å². The highest BCUT2D eigenvalue weighted by atomic mass is 79.9. The molecule has 3 rings (SSSR count). The fourth-order valence-corrected chi connectivity index (χ4v) is 4.37. The summed E-state index contributed by atoms with van der Waals surface area (Å²) in [4.78, 5) is 12.3. The number of carbonyl (C=O) groups excluding carboxylic acids is 1. The molecule has 0 aromatic heterocycles. The highest BCUT2D eigenvalue weighted by molar-refractivity contribution is 9.10. The Balaban J connectivity index is 1.49. The number of hydrogen-bond acceptors (Lipinski definition) is 3. The number of benzene rings is 3. The van der Waals surface area contributed by atoms with E-state index in [-0.39, 0.29) is 10.8 Å². The Bertz CT molecular complexity index is 1080. The molecule has 0 heterocycles. The average molecular weight is 487 g/mol. The predicted octanol–water partition coefficient (Wildman–Crippen LogP) is 4.54. The minimum absolute atomic E-state index is 0.0904. The van der Waals surface area contributed by atoms with Crippen molar-refractivity contribution >= 4 is 37.5 Å². The van der Waals surface area contributed by atoms with E-state index in [0.717, 1.165) is 21.3 Å². The SMILES string of the molecule is O=C(CCc1ccc(S(=O)(=O)NCCc2ccccc2)cc1)Nc1cccc(Br)c1. The van der Waals surface area contributed by atoms with Gasteiger partial charge in [0.25, 0.3) is 0 Å². The minimum atomic E-state index is -3.56. The summed E-state index contributed by atoms with van der Waals surface area (Å²) in [5.74, 6) is -0.0904. The van der Waals surface area contributed by atoms with Gasteiger partial charge in [-0.05, 0) is 54.3 Å². The third kappa shape index (κ3) is 6.79. The molecule has 0 atom stereocenters. The number of rotatable bonds is 9. The number of sulfonamides is 1. The average Bonchev–Trinajstić information content (AvgIpc) is 2.73. The molecule has 3 aromatic carbocycles. The molecule has 0 aliphatic rings. The first-order valence-corrected chi connectivity index (χ1v) is 11.9. The molecule has 3 aromatic rings. The summed E-state index contributed by atoms with van der Waals surface area (Å²) in [6.45, 7) is 0.337. The second-order valence-corrected chi connectivity index (χ2v) is 9.52. The predicted molar refractivity (Wildman–Crippen MR) is 123 cm³/mol. The van der Waals surface area contributed by atoms with Gasteiger partial charge in [-0.1, -0.05) is 64.5 Å². The molecule has 0 fully saturated rings. The molecule has 5 nitrogen and oxygen atoms in total. The van der Waals surface area contributed by atoms with Crippen LogP contribution in [-0.2, 0) is 27.7 Å². The number of hydrogen-bond donors (Lipinski definition) is 2. The molecule has 1 amide bonds. The third-order valence-corrected chi connectivity index (χ3v) is 6.50. The zero-order valence-electron chi connectivity index (χ0n) is 16.3. The zero-order chi connectivity index (χ0) is 21.4. The number of carbonyl (C=O) groups is 1. The van der Waals surface area contributed by atoms with Gasteiger partial charge in [0.1, 0.15) is 0 Å². The van der Waals surface area contributed by atoms with Crippen LogP contribution >= 0.6 is 15.9 Å². The van der Waals surface area contributed by atoms with Gasteiger partial charge in [-0.15, -0.1) is 0 Å². The zero-order valence-corrected chi connectivity index (χ0v) is 18.7.